The Labute approximate surface area is 104 Å². The largest absolute Gasteiger partial charge is 0.107 e. The maximum absolute atomic E-state index is 2.21. The van der Waals surface area contributed by atoms with Crippen molar-refractivity contribution in [3.05, 3.63) is 0 Å². The van der Waals surface area contributed by atoms with Gasteiger partial charge in [0.1, 0.15) is 0 Å². The maximum atomic E-state index is 2.21. The molecule has 0 aromatic rings. The predicted octanol–water partition coefficient (Wildman–Crippen LogP) is 4.05. The lowest BCUT2D eigenvalue weighted by molar-refractivity contribution is 0.772. The third kappa shape index (κ3) is 24.1. The minimum atomic E-state index is 0. The van der Waals surface area contributed by atoms with E-state index in [1.54, 1.807) is 0 Å². The fraction of sp³-hybridized carbons (Fsp3) is 1.00. The summed E-state index contributed by atoms with van der Waals surface area (Å²) in [4.78, 5) is 0. The molecule has 0 heterocycles. The molecule has 3 heteroatoms. The second-order valence-electron chi connectivity index (χ2n) is 1.35. The Bertz CT molecular complexity index is 15.1. The molecule has 0 spiro atoms. The van der Waals surface area contributed by atoms with Crippen LogP contribution in [0, 0.1) is 0 Å². The second-order valence-corrected chi connectivity index (χ2v) is 1.35. The number of unbranched alkanes of at least 4 members (excludes halogenated alkanes) is 2. The number of hydrogen-bond donors (Lipinski definition) is 0. The summed E-state index contributed by atoms with van der Waals surface area (Å²) in [6.07, 6.45) is 4.08. The molecule has 0 radical (unpaired) electrons. The normalized spacial score (nSPS) is 5.25. The van der Waals surface area contributed by atoms with E-state index in [0.717, 1.165) is 0 Å². The van der Waals surface area contributed by atoms with Gasteiger partial charge in [-0.3, -0.25) is 0 Å². The van der Waals surface area contributed by atoms with Gasteiger partial charge in [0.15, 0.2) is 0 Å². The molecule has 0 N–H and O–H groups in total. The van der Waals surface area contributed by atoms with Gasteiger partial charge >= 0.3 is 0 Å². The van der Waals surface area contributed by atoms with Crippen LogP contribution in [0.4, 0.5) is 0 Å². The van der Waals surface area contributed by atoms with E-state index in [0.29, 0.717) is 0 Å². The topological polar surface area (TPSA) is 0 Å². The fourth-order valence-electron chi connectivity index (χ4n) is 0.354. The van der Waals surface area contributed by atoms with Gasteiger partial charge in [0.05, 0.1) is 0 Å². The first-order valence-electron chi connectivity index (χ1n) is 2.41. The Morgan fingerprint density at radius 1 is 0.750 bits per heavy atom. The molecule has 0 atom stereocenters. The predicted molar refractivity (Wildman–Crippen MR) is 71.4 cm³/mol. The highest BCUT2D eigenvalue weighted by Gasteiger charge is 1.68. The first-order chi connectivity index (χ1) is 2.41. The van der Waals surface area contributed by atoms with E-state index < -0.39 is 0 Å². The van der Waals surface area contributed by atoms with Crippen molar-refractivity contribution in [1.29, 1.82) is 0 Å². The van der Waals surface area contributed by atoms with Crippen LogP contribution in [0.25, 0.3) is 0 Å². The molecule has 0 aromatic carbocycles. The highest BCUT2D eigenvalue weighted by molar-refractivity contribution is 14.0. The molecule has 0 amide bonds. The Balaban J connectivity index is -0.0000000267. The summed E-state index contributed by atoms with van der Waals surface area (Å²) in [5.41, 5.74) is 0. The number of halogens is 3. The lowest BCUT2D eigenvalue weighted by Gasteiger charge is -1.79. The van der Waals surface area contributed by atoms with Crippen molar-refractivity contribution in [2.75, 3.05) is 0 Å². The minimum absolute atomic E-state index is 0. The minimum Gasteiger partial charge on any atom is -0.107 e. The summed E-state index contributed by atoms with van der Waals surface area (Å²) in [5, 5.41) is 0. The molecule has 0 bridgehead atoms. The van der Waals surface area contributed by atoms with E-state index >= 15 is 0 Å². The van der Waals surface area contributed by atoms with Crippen LogP contribution in [0.5, 0.6) is 0 Å². The monoisotopic (exact) mass is 456 g/mol. The van der Waals surface area contributed by atoms with Gasteiger partial charge in [0.25, 0.3) is 0 Å². The van der Waals surface area contributed by atoms with E-state index in [1.165, 1.54) is 19.3 Å². The smallest absolute Gasteiger partial charge is 0.0538 e. The Hall–Kier alpha value is 2.19. The van der Waals surface area contributed by atoms with Crippen LogP contribution in [0.3, 0.4) is 0 Å². The summed E-state index contributed by atoms with van der Waals surface area (Å²) in [6.45, 7) is 4.42. The Morgan fingerprint density at radius 2 is 1.00 bits per heavy atom. The van der Waals surface area contributed by atoms with Crippen molar-refractivity contribution in [2.24, 2.45) is 0 Å². The van der Waals surface area contributed by atoms with Crippen LogP contribution >= 0.6 is 71.9 Å². The lowest BCUT2D eigenvalue weighted by Crippen LogP contribution is -1.59. The first-order valence-corrected chi connectivity index (χ1v) is 2.41. The molecule has 0 rings (SSSR count). The molecule has 56 valence electrons. The number of rotatable bonds is 2. The zero-order valence-electron chi connectivity index (χ0n) is 5.35. The average molecular weight is 456 g/mol. The molecule has 0 aliphatic rings. The second kappa shape index (κ2) is 22.9. The molecule has 0 saturated heterocycles. The van der Waals surface area contributed by atoms with Gasteiger partial charge in [-0.15, -0.1) is 71.9 Å². The van der Waals surface area contributed by atoms with Gasteiger partial charge in [-0.2, -0.15) is 0 Å². The molecular formula is C5H15I3. The third-order valence-electron chi connectivity index (χ3n) is 0.707. The standard InChI is InChI=1S/C5H12.3HI/c1-3-5-4-2;;;/h3-5H2,1-2H3;3*1H. The molecule has 0 saturated carbocycles. The molecule has 0 aliphatic carbocycles. The van der Waals surface area contributed by atoms with E-state index in [4.69, 9.17) is 0 Å². The fourth-order valence-corrected chi connectivity index (χ4v) is 0.354. The first kappa shape index (κ1) is 22.5. The maximum Gasteiger partial charge on any atom is -0.0538 e. The molecule has 0 aliphatic heterocycles. The van der Waals surface area contributed by atoms with Gasteiger partial charge in [0, 0.05) is 0 Å². The van der Waals surface area contributed by atoms with Gasteiger partial charge < -0.3 is 0 Å². The summed E-state index contributed by atoms with van der Waals surface area (Å²) < 4.78 is 0. The summed E-state index contributed by atoms with van der Waals surface area (Å²) >= 11 is 0. The van der Waals surface area contributed by atoms with Crippen LogP contribution in [-0.2, 0) is 0 Å². The Morgan fingerprint density at radius 3 is 1.00 bits per heavy atom. The zero-order valence-corrected chi connectivity index (χ0v) is 12.3. The highest BCUT2D eigenvalue weighted by Crippen LogP contribution is 1.88. The van der Waals surface area contributed by atoms with Crippen molar-refractivity contribution >= 4 is 71.9 Å². The van der Waals surface area contributed by atoms with Crippen molar-refractivity contribution in [3.63, 3.8) is 0 Å². The van der Waals surface area contributed by atoms with Gasteiger partial charge in [0.2, 0.25) is 0 Å². The van der Waals surface area contributed by atoms with Crippen LogP contribution in [-0.4, -0.2) is 0 Å². The molecule has 0 nitrogen and oxygen atoms in total. The van der Waals surface area contributed by atoms with Crippen molar-refractivity contribution in [1.82, 2.24) is 0 Å². The lowest BCUT2D eigenvalue weighted by atomic mass is 10.3. The number of hydrogen-bond acceptors (Lipinski definition) is 0. The van der Waals surface area contributed by atoms with Crippen molar-refractivity contribution in [3.8, 4) is 0 Å². The van der Waals surface area contributed by atoms with E-state index in [-0.39, 0.29) is 71.9 Å². The molecule has 0 unspecified atom stereocenters. The summed E-state index contributed by atoms with van der Waals surface area (Å²) in [5.74, 6) is 0. The van der Waals surface area contributed by atoms with Gasteiger partial charge in [-0.05, 0) is 0 Å². The quantitative estimate of drug-likeness (QED) is 0.551. The SMILES string of the molecule is CCCCC.I.I.I. The average Bonchev–Trinajstić information content (AvgIpc) is 1.41. The summed E-state index contributed by atoms with van der Waals surface area (Å²) in [7, 11) is 0. The molecule has 8 heavy (non-hydrogen) atoms. The van der Waals surface area contributed by atoms with E-state index in [9.17, 15) is 0 Å². The van der Waals surface area contributed by atoms with Crippen molar-refractivity contribution in [2.45, 2.75) is 33.1 Å². The van der Waals surface area contributed by atoms with E-state index in [1.807, 2.05) is 0 Å². The Kier molecular flexibility index (Phi) is 64.3. The van der Waals surface area contributed by atoms with Gasteiger partial charge in [-0.25, -0.2) is 0 Å². The van der Waals surface area contributed by atoms with Crippen LogP contribution in [0.2, 0.25) is 0 Å². The van der Waals surface area contributed by atoms with Crippen LogP contribution in [0.15, 0.2) is 0 Å². The molecule has 0 aromatic heterocycles. The summed E-state index contributed by atoms with van der Waals surface area (Å²) in [6, 6.07) is 0. The van der Waals surface area contributed by atoms with Crippen LogP contribution in [0.1, 0.15) is 33.1 Å². The zero-order chi connectivity index (χ0) is 4.12. The molecule has 0 fully saturated rings. The van der Waals surface area contributed by atoms with Gasteiger partial charge in [-0.1, -0.05) is 33.1 Å². The van der Waals surface area contributed by atoms with Crippen molar-refractivity contribution < 1.29 is 0 Å². The van der Waals surface area contributed by atoms with Crippen LogP contribution < -0.4 is 0 Å². The molecular weight excluding hydrogens is 441 g/mol. The van der Waals surface area contributed by atoms with E-state index in [2.05, 4.69) is 13.8 Å². The highest BCUT2D eigenvalue weighted by atomic mass is 127. The third-order valence-corrected chi connectivity index (χ3v) is 0.707.